The molecular weight excluding hydrogens is 634 g/mol. The molecule has 1 aliphatic heterocycles. The predicted molar refractivity (Wildman–Crippen MR) is 169 cm³/mol. The molecule has 1 saturated heterocycles. The summed E-state index contributed by atoms with van der Waals surface area (Å²) < 4.78 is 34.4. The lowest BCUT2D eigenvalue weighted by Gasteiger charge is -2.33. The lowest BCUT2D eigenvalue weighted by Crippen LogP contribution is -2.41. The standard InChI is InChI=1S/C32H38BrN3O6S/c1-32(2,3)41-31(38)35-22-19-24(20-23-35)8-7-21-34-30(37)25-11-17-29(18-12-25)43(39,40)36(27-9-5-4-6-10-27)42-28-15-13-26(33)14-16-28/h4-6,9-18,24H,7-8,19-23H2,1-3H3,(H,34,37). The van der Waals surface area contributed by atoms with Crippen molar-refractivity contribution in [3.8, 4) is 5.75 Å². The second-order valence-electron chi connectivity index (χ2n) is 11.4. The number of benzene rings is 3. The molecule has 0 aliphatic carbocycles. The van der Waals surface area contributed by atoms with Crippen LogP contribution in [0.5, 0.6) is 5.75 Å². The first kappa shape index (κ1) is 32.3. The van der Waals surface area contributed by atoms with Gasteiger partial charge in [-0.1, -0.05) is 38.6 Å². The summed E-state index contributed by atoms with van der Waals surface area (Å²) in [6.45, 7) is 7.46. The summed E-state index contributed by atoms with van der Waals surface area (Å²) in [5, 5.41) is 2.92. The Kier molecular flexibility index (Phi) is 10.7. The number of nitrogens with zero attached hydrogens (tertiary/aromatic N) is 2. The third kappa shape index (κ3) is 9.21. The number of likely N-dealkylation sites (tertiary alicyclic amines) is 1. The van der Waals surface area contributed by atoms with E-state index in [4.69, 9.17) is 9.57 Å². The number of carbonyl (C=O) groups is 2. The molecule has 230 valence electrons. The van der Waals surface area contributed by atoms with E-state index in [0.717, 1.165) is 34.6 Å². The largest absolute Gasteiger partial charge is 0.444 e. The van der Waals surface area contributed by atoms with Crippen molar-refractivity contribution in [2.75, 3.05) is 24.1 Å². The van der Waals surface area contributed by atoms with Crippen LogP contribution in [0.4, 0.5) is 10.5 Å². The highest BCUT2D eigenvalue weighted by Gasteiger charge is 2.28. The Bertz CT molecular complexity index is 1470. The van der Waals surface area contributed by atoms with E-state index in [1.807, 2.05) is 20.8 Å². The number of sulfonamides is 1. The van der Waals surface area contributed by atoms with Gasteiger partial charge in [0.1, 0.15) is 5.60 Å². The maximum absolute atomic E-state index is 13.6. The fourth-order valence-corrected chi connectivity index (χ4v) is 6.20. The van der Waals surface area contributed by atoms with E-state index in [1.165, 1.54) is 24.3 Å². The highest BCUT2D eigenvalue weighted by molar-refractivity contribution is 9.10. The van der Waals surface area contributed by atoms with Crippen LogP contribution in [0.1, 0.15) is 56.8 Å². The molecule has 43 heavy (non-hydrogen) atoms. The van der Waals surface area contributed by atoms with E-state index in [-0.39, 0.29) is 16.9 Å². The van der Waals surface area contributed by atoms with Crippen LogP contribution in [0.2, 0.25) is 0 Å². The summed E-state index contributed by atoms with van der Waals surface area (Å²) in [5.41, 5.74) is 0.199. The first-order valence-electron chi connectivity index (χ1n) is 14.3. The van der Waals surface area contributed by atoms with Crippen molar-refractivity contribution < 1.29 is 27.6 Å². The molecule has 9 nitrogen and oxygen atoms in total. The van der Waals surface area contributed by atoms with Crippen LogP contribution >= 0.6 is 15.9 Å². The molecule has 1 heterocycles. The van der Waals surface area contributed by atoms with Crippen molar-refractivity contribution >= 4 is 43.6 Å². The summed E-state index contributed by atoms with van der Waals surface area (Å²) >= 11 is 3.37. The van der Waals surface area contributed by atoms with Gasteiger partial charge in [-0.25, -0.2) is 4.79 Å². The Hall–Kier alpha value is -3.57. The van der Waals surface area contributed by atoms with Gasteiger partial charge in [0, 0.05) is 29.7 Å². The fourth-order valence-electron chi connectivity index (χ4n) is 4.68. The van der Waals surface area contributed by atoms with E-state index in [9.17, 15) is 18.0 Å². The van der Waals surface area contributed by atoms with Gasteiger partial charge in [0.25, 0.3) is 15.9 Å². The number of carbonyl (C=O) groups excluding carboxylic acids is 2. The topological polar surface area (TPSA) is 105 Å². The van der Waals surface area contributed by atoms with Gasteiger partial charge in [0.05, 0.1) is 10.6 Å². The molecule has 0 unspecified atom stereocenters. The maximum atomic E-state index is 13.6. The number of piperidine rings is 1. The summed E-state index contributed by atoms with van der Waals surface area (Å²) in [4.78, 5) is 32.6. The molecule has 0 spiro atoms. The molecule has 1 aliphatic rings. The van der Waals surface area contributed by atoms with Gasteiger partial charge < -0.3 is 19.8 Å². The number of anilines is 1. The third-order valence-electron chi connectivity index (χ3n) is 6.94. The van der Waals surface area contributed by atoms with Crippen molar-refractivity contribution in [3.63, 3.8) is 0 Å². The first-order chi connectivity index (χ1) is 20.4. The lowest BCUT2D eigenvalue weighted by molar-refractivity contribution is 0.0180. The number of hydrogen-bond acceptors (Lipinski definition) is 6. The SMILES string of the molecule is CC(C)(C)OC(=O)N1CCC(CCCNC(=O)c2ccc(S(=O)(=O)N(Oc3ccc(Br)cc3)c3ccccc3)cc2)CC1. The van der Waals surface area contributed by atoms with Crippen LogP contribution < -0.4 is 14.6 Å². The van der Waals surface area contributed by atoms with Gasteiger partial charge in [-0.05, 0) is 113 Å². The number of rotatable bonds is 10. The zero-order chi connectivity index (χ0) is 31.0. The Morgan fingerprint density at radius 3 is 2.19 bits per heavy atom. The third-order valence-corrected chi connectivity index (χ3v) is 9.06. The highest BCUT2D eigenvalue weighted by Crippen LogP contribution is 2.27. The Labute approximate surface area is 262 Å². The molecule has 0 aromatic heterocycles. The molecule has 4 rings (SSSR count). The lowest BCUT2D eigenvalue weighted by atomic mass is 9.92. The van der Waals surface area contributed by atoms with Crippen molar-refractivity contribution in [1.29, 1.82) is 0 Å². The normalized spacial score (nSPS) is 14.2. The smallest absolute Gasteiger partial charge is 0.410 e. The molecule has 3 aromatic carbocycles. The summed E-state index contributed by atoms with van der Waals surface area (Å²) in [6.07, 6.45) is 3.33. The maximum Gasteiger partial charge on any atom is 0.410 e. The van der Waals surface area contributed by atoms with Gasteiger partial charge in [-0.15, -0.1) is 0 Å². The van der Waals surface area contributed by atoms with E-state index in [0.29, 0.717) is 42.6 Å². The zero-order valence-electron chi connectivity index (χ0n) is 24.7. The minimum absolute atomic E-state index is 0.0114. The summed E-state index contributed by atoms with van der Waals surface area (Å²) in [6, 6.07) is 21.2. The minimum atomic E-state index is -4.12. The molecule has 0 atom stereocenters. The quantitative estimate of drug-likeness (QED) is 0.188. The van der Waals surface area contributed by atoms with Crippen molar-refractivity contribution in [2.24, 2.45) is 5.92 Å². The van der Waals surface area contributed by atoms with Crippen molar-refractivity contribution in [3.05, 3.63) is 88.9 Å². The fraction of sp³-hybridized carbons (Fsp3) is 0.375. The first-order valence-corrected chi connectivity index (χ1v) is 16.6. The number of halogens is 1. The molecule has 0 radical (unpaired) electrons. The van der Waals surface area contributed by atoms with Crippen LogP contribution in [-0.4, -0.2) is 50.6 Å². The van der Waals surface area contributed by atoms with E-state index >= 15 is 0 Å². The number of para-hydroxylation sites is 1. The zero-order valence-corrected chi connectivity index (χ0v) is 27.1. The van der Waals surface area contributed by atoms with Gasteiger partial charge in [0.2, 0.25) is 0 Å². The van der Waals surface area contributed by atoms with E-state index in [1.54, 1.807) is 59.5 Å². The van der Waals surface area contributed by atoms with Gasteiger partial charge in [-0.2, -0.15) is 8.42 Å². The summed E-state index contributed by atoms with van der Waals surface area (Å²) in [5.74, 6) is 0.571. The second kappa shape index (κ2) is 14.3. The average Bonchev–Trinajstić information content (AvgIpc) is 2.98. The number of hydrogen-bond donors (Lipinski definition) is 1. The second-order valence-corrected chi connectivity index (χ2v) is 14.1. The van der Waals surface area contributed by atoms with Gasteiger partial charge >= 0.3 is 6.09 Å². The Morgan fingerprint density at radius 1 is 0.953 bits per heavy atom. The molecule has 2 amide bonds. The van der Waals surface area contributed by atoms with Gasteiger partial charge in [-0.3, -0.25) is 4.79 Å². The predicted octanol–water partition coefficient (Wildman–Crippen LogP) is 6.80. The van der Waals surface area contributed by atoms with Crippen LogP contribution in [0, 0.1) is 5.92 Å². The van der Waals surface area contributed by atoms with E-state index < -0.39 is 15.6 Å². The van der Waals surface area contributed by atoms with E-state index in [2.05, 4.69) is 21.2 Å². The highest BCUT2D eigenvalue weighted by atomic mass is 79.9. The Balaban J connectivity index is 1.30. The average molecular weight is 673 g/mol. The van der Waals surface area contributed by atoms with Crippen LogP contribution in [-0.2, 0) is 14.8 Å². The van der Waals surface area contributed by atoms with Crippen molar-refractivity contribution in [1.82, 2.24) is 10.2 Å². The van der Waals surface area contributed by atoms with Crippen LogP contribution in [0.25, 0.3) is 0 Å². The molecule has 1 N–H and O–H groups in total. The minimum Gasteiger partial charge on any atom is -0.444 e. The van der Waals surface area contributed by atoms with Crippen LogP contribution in [0.15, 0.2) is 88.2 Å². The molecule has 3 aromatic rings. The molecular formula is C32H38BrN3O6S. The number of ether oxygens (including phenoxy) is 1. The van der Waals surface area contributed by atoms with Gasteiger partial charge in [0.15, 0.2) is 5.75 Å². The van der Waals surface area contributed by atoms with Crippen LogP contribution in [0.3, 0.4) is 0 Å². The number of amides is 2. The molecule has 11 heteroatoms. The molecule has 0 saturated carbocycles. The molecule has 0 bridgehead atoms. The number of nitrogens with one attached hydrogen (secondary N) is 1. The molecule has 1 fully saturated rings. The Morgan fingerprint density at radius 2 is 1.58 bits per heavy atom. The monoisotopic (exact) mass is 671 g/mol. The van der Waals surface area contributed by atoms with Crippen molar-refractivity contribution in [2.45, 2.75) is 57.0 Å². The summed E-state index contributed by atoms with van der Waals surface area (Å²) in [7, 11) is -4.12.